The molecule has 0 atom stereocenters. The van der Waals surface area contributed by atoms with Crippen molar-refractivity contribution in [2.45, 2.75) is 24.8 Å². The van der Waals surface area contributed by atoms with Gasteiger partial charge in [0.2, 0.25) is 10.0 Å². The van der Waals surface area contributed by atoms with E-state index in [0.717, 1.165) is 22.4 Å². The van der Waals surface area contributed by atoms with Gasteiger partial charge in [0.25, 0.3) is 0 Å². The number of anilines is 1. The number of sulfonamides is 1. The van der Waals surface area contributed by atoms with E-state index in [1.807, 2.05) is 56.3 Å². The van der Waals surface area contributed by atoms with Crippen LogP contribution in [0.3, 0.4) is 0 Å². The Morgan fingerprint density at radius 2 is 1.67 bits per heavy atom. The van der Waals surface area contributed by atoms with Crippen LogP contribution in [-0.2, 0) is 23.1 Å². The van der Waals surface area contributed by atoms with E-state index in [1.54, 1.807) is 12.1 Å². The Labute approximate surface area is 144 Å². The Morgan fingerprint density at radius 1 is 1.04 bits per heavy atom. The monoisotopic (exact) mass is 348 g/mol. The van der Waals surface area contributed by atoms with E-state index in [9.17, 15) is 8.42 Å². The van der Waals surface area contributed by atoms with Crippen molar-refractivity contribution in [3.05, 3.63) is 59.2 Å². The van der Waals surface area contributed by atoms with Gasteiger partial charge < -0.3 is 10.0 Å². The van der Waals surface area contributed by atoms with E-state index in [1.165, 1.54) is 0 Å². The van der Waals surface area contributed by atoms with Gasteiger partial charge in [-0.1, -0.05) is 30.3 Å². The molecule has 130 valence electrons. The quantitative estimate of drug-likeness (QED) is 0.804. The lowest BCUT2D eigenvalue weighted by Gasteiger charge is -2.17. The number of aliphatic hydroxyl groups excluding tert-OH is 1. The lowest BCUT2D eigenvalue weighted by molar-refractivity contribution is 0.282. The molecule has 0 unspecified atom stereocenters. The molecule has 0 aromatic heterocycles. The first kappa shape index (κ1) is 18.4. The lowest BCUT2D eigenvalue weighted by Crippen LogP contribution is -2.26. The number of hydrogen-bond donors (Lipinski definition) is 2. The minimum Gasteiger partial charge on any atom is -0.392 e. The van der Waals surface area contributed by atoms with Crippen LogP contribution in [-0.4, -0.2) is 34.2 Å². The van der Waals surface area contributed by atoms with E-state index >= 15 is 0 Å². The molecule has 0 fully saturated rings. The molecule has 0 radical (unpaired) electrons. The SMILES string of the molecule is Cc1ccc(S(=O)(=O)NCCc2ccc(CO)cc2)cc1N(C)C. The second-order valence-electron chi connectivity index (χ2n) is 5.97. The zero-order valence-corrected chi connectivity index (χ0v) is 15.1. The summed E-state index contributed by atoms with van der Waals surface area (Å²) in [4.78, 5) is 2.17. The highest BCUT2D eigenvalue weighted by atomic mass is 32.2. The van der Waals surface area contributed by atoms with E-state index in [2.05, 4.69) is 4.72 Å². The van der Waals surface area contributed by atoms with Gasteiger partial charge in [-0.25, -0.2) is 13.1 Å². The van der Waals surface area contributed by atoms with Crippen LogP contribution < -0.4 is 9.62 Å². The van der Waals surface area contributed by atoms with Crippen molar-refractivity contribution in [3.63, 3.8) is 0 Å². The van der Waals surface area contributed by atoms with Crippen LogP contribution in [0.5, 0.6) is 0 Å². The largest absolute Gasteiger partial charge is 0.392 e. The van der Waals surface area contributed by atoms with E-state index in [4.69, 9.17) is 5.11 Å². The molecule has 0 aliphatic carbocycles. The summed E-state index contributed by atoms with van der Waals surface area (Å²) < 4.78 is 27.5. The van der Waals surface area contributed by atoms with E-state index in [-0.39, 0.29) is 11.5 Å². The Hall–Kier alpha value is -1.89. The van der Waals surface area contributed by atoms with Crippen molar-refractivity contribution in [2.75, 3.05) is 25.5 Å². The summed E-state index contributed by atoms with van der Waals surface area (Å²) in [6, 6.07) is 12.6. The Morgan fingerprint density at radius 3 is 2.25 bits per heavy atom. The molecule has 2 aromatic carbocycles. The van der Waals surface area contributed by atoms with Gasteiger partial charge >= 0.3 is 0 Å². The van der Waals surface area contributed by atoms with Gasteiger partial charge in [-0.2, -0.15) is 0 Å². The summed E-state index contributed by atoms with van der Waals surface area (Å²) in [5, 5.41) is 9.02. The third-order valence-electron chi connectivity index (χ3n) is 3.88. The summed E-state index contributed by atoms with van der Waals surface area (Å²) in [5.41, 5.74) is 3.78. The second kappa shape index (κ2) is 7.79. The summed E-state index contributed by atoms with van der Waals surface area (Å²) in [5.74, 6) is 0. The molecule has 6 heteroatoms. The maximum atomic E-state index is 12.4. The molecule has 0 bridgehead atoms. The predicted molar refractivity (Wildman–Crippen MR) is 96.8 cm³/mol. The van der Waals surface area contributed by atoms with Crippen LogP contribution in [0.25, 0.3) is 0 Å². The predicted octanol–water partition coefficient (Wildman–Crippen LogP) is 2.07. The van der Waals surface area contributed by atoms with Gasteiger partial charge in [-0.15, -0.1) is 0 Å². The van der Waals surface area contributed by atoms with Crippen LogP contribution in [0.4, 0.5) is 5.69 Å². The van der Waals surface area contributed by atoms with Gasteiger partial charge in [0.1, 0.15) is 0 Å². The second-order valence-corrected chi connectivity index (χ2v) is 7.73. The Balaban J connectivity index is 2.04. The smallest absolute Gasteiger partial charge is 0.240 e. The molecule has 2 rings (SSSR count). The van der Waals surface area contributed by atoms with Crippen LogP contribution in [0, 0.1) is 6.92 Å². The average molecular weight is 348 g/mol. The molecule has 0 saturated carbocycles. The Bertz CT molecular complexity index is 784. The third kappa shape index (κ3) is 4.56. The highest BCUT2D eigenvalue weighted by molar-refractivity contribution is 7.89. The van der Waals surface area contributed by atoms with Crippen LogP contribution in [0.1, 0.15) is 16.7 Å². The first-order chi connectivity index (χ1) is 11.3. The zero-order chi connectivity index (χ0) is 17.7. The van der Waals surface area contributed by atoms with Crippen molar-refractivity contribution in [3.8, 4) is 0 Å². The highest BCUT2D eigenvalue weighted by Gasteiger charge is 2.15. The van der Waals surface area contributed by atoms with Crippen molar-refractivity contribution < 1.29 is 13.5 Å². The summed E-state index contributed by atoms with van der Waals surface area (Å²) in [7, 11) is 0.249. The van der Waals surface area contributed by atoms with Gasteiger partial charge in [-0.3, -0.25) is 0 Å². The topological polar surface area (TPSA) is 69.6 Å². The fourth-order valence-corrected chi connectivity index (χ4v) is 3.51. The number of nitrogens with zero attached hydrogens (tertiary/aromatic N) is 1. The molecule has 0 spiro atoms. The van der Waals surface area contributed by atoms with Gasteiger partial charge in [0, 0.05) is 26.3 Å². The number of aryl methyl sites for hydroxylation is 1. The van der Waals surface area contributed by atoms with Gasteiger partial charge in [0.05, 0.1) is 11.5 Å². The minimum absolute atomic E-state index is 0.00847. The standard InChI is InChI=1S/C18H24N2O3S/c1-14-4-9-17(12-18(14)20(2)3)24(22,23)19-11-10-15-5-7-16(13-21)8-6-15/h4-9,12,19,21H,10-11,13H2,1-3H3. The molecule has 2 aromatic rings. The third-order valence-corrected chi connectivity index (χ3v) is 5.34. The molecule has 2 N–H and O–H groups in total. The molecule has 0 heterocycles. The maximum Gasteiger partial charge on any atom is 0.240 e. The van der Waals surface area contributed by atoms with Crippen molar-refractivity contribution >= 4 is 15.7 Å². The average Bonchev–Trinajstić information content (AvgIpc) is 2.55. The zero-order valence-electron chi connectivity index (χ0n) is 14.3. The van der Waals surface area contributed by atoms with Gasteiger partial charge in [-0.05, 0) is 42.2 Å². The fourth-order valence-electron chi connectivity index (χ4n) is 2.46. The van der Waals surface area contributed by atoms with Crippen molar-refractivity contribution in [1.29, 1.82) is 0 Å². The summed E-state index contributed by atoms with van der Waals surface area (Å²) >= 11 is 0. The molecule has 0 aliphatic rings. The number of aliphatic hydroxyl groups is 1. The first-order valence-electron chi connectivity index (χ1n) is 7.80. The fraction of sp³-hybridized carbons (Fsp3) is 0.333. The molecular formula is C18H24N2O3S. The van der Waals surface area contributed by atoms with E-state index in [0.29, 0.717) is 13.0 Å². The van der Waals surface area contributed by atoms with E-state index < -0.39 is 10.0 Å². The molecular weight excluding hydrogens is 324 g/mol. The normalized spacial score (nSPS) is 11.5. The number of hydrogen-bond acceptors (Lipinski definition) is 4. The van der Waals surface area contributed by atoms with Crippen LogP contribution in [0.15, 0.2) is 47.4 Å². The number of nitrogens with one attached hydrogen (secondary N) is 1. The first-order valence-corrected chi connectivity index (χ1v) is 9.28. The maximum absolute atomic E-state index is 12.4. The molecule has 0 aliphatic heterocycles. The number of rotatable bonds is 7. The number of benzene rings is 2. The van der Waals surface area contributed by atoms with Crippen LogP contribution >= 0.6 is 0 Å². The minimum atomic E-state index is -3.53. The molecule has 0 amide bonds. The van der Waals surface area contributed by atoms with Crippen molar-refractivity contribution in [2.24, 2.45) is 0 Å². The molecule has 5 nitrogen and oxygen atoms in total. The Kier molecular flexibility index (Phi) is 5.99. The summed E-state index contributed by atoms with van der Waals surface area (Å²) in [6.07, 6.45) is 0.595. The van der Waals surface area contributed by atoms with Gasteiger partial charge in [0.15, 0.2) is 0 Å². The molecule has 24 heavy (non-hydrogen) atoms. The van der Waals surface area contributed by atoms with Crippen LogP contribution in [0.2, 0.25) is 0 Å². The summed E-state index contributed by atoms with van der Waals surface area (Å²) in [6.45, 7) is 2.29. The highest BCUT2D eigenvalue weighted by Crippen LogP contribution is 2.22. The lowest BCUT2D eigenvalue weighted by atomic mass is 10.1. The van der Waals surface area contributed by atoms with Crippen molar-refractivity contribution in [1.82, 2.24) is 4.72 Å². The molecule has 0 saturated heterocycles.